The van der Waals surface area contributed by atoms with E-state index in [1.807, 2.05) is 11.9 Å². The van der Waals surface area contributed by atoms with Crippen molar-refractivity contribution < 1.29 is 9.90 Å². The number of anilines is 2. The number of benzene rings is 1. The summed E-state index contributed by atoms with van der Waals surface area (Å²) in [7, 11) is 1.90. The van der Waals surface area contributed by atoms with Crippen molar-refractivity contribution in [1.29, 1.82) is 0 Å². The van der Waals surface area contributed by atoms with Crippen LogP contribution in [0.4, 0.5) is 11.6 Å². The Hall–Kier alpha value is -3.39. The Morgan fingerprint density at radius 1 is 1.34 bits per heavy atom. The van der Waals surface area contributed by atoms with Crippen LogP contribution in [0, 0.1) is 0 Å². The molecule has 9 heteroatoms. The number of rotatable bonds is 5. The van der Waals surface area contributed by atoms with Gasteiger partial charge in [0.15, 0.2) is 5.82 Å². The second kappa shape index (κ2) is 7.94. The molecular formula is C23H25ClN6O2. The Bertz CT molecular complexity index is 1210. The second-order valence-corrected chi connectivity index (χ2v) is 8.54. The highest BCUT2D eigenvalue weighted by Crippen LogP contribution is 2.46. The van der Waals surface area contributed by atoms with Crippen molar-refractivity contribution >= 4 is 40.6 Å². The van der Waals surface area contributed by atoms with Gasteiger partial charge in [0.1, 0.15) is 28.5 Å². The van der Waals surface area contributed by atoms with E-state index in [0.29, 0.717) is 28.5 Å². The van der Waals surface area contributed by atoms with Crippen molar-refractivity contribution in [3.63, 3.8) is 0 Å². The molecule has 0 fully saturated rings. The van der Waals surface area contributed by atoms with Crippen LogP contribution < -0.4 is 11.1 Å². The molecule has 1 unspecified atom stereocenters. The van der Waals surface area contributed by atoms with E-state index in [4.69, 9.17) is 22.3 Å². The molecule has 0 saturated heterocycles. The number of fused-ring (bicyclic) bond motifs is 1. The Labute approximate surface area is 191 Å². The molecule has 32 heavy (non-hydrogen) atoms. The predicted octanol–water partition coefficient (Wildman–Crippen LogP) is 4.06. The number of carbonyl (C=O) groups excluding carboxylic acids is 1. The van der Waals surface area contributed by atoms with Gasteiger partial charge in [0.05, 0.1) is 22.0 Å². The number of allylic oxidation sites excluding steroid dienone is 1. The van der Waals surface area contributed by atoms with Crippen LogP contribution in [0.5, 0.6) is 5.75 Å². The fourth-order valence-electron chi connectivity index (χ4n) is 3.97. The second-order valence-electron chi connectivity index (χ2n) is 8.14. The Morgan fingerprint density at radius 3 is 2.78 bits per heavy atom. The molecular weight excluding hydrogens is 428 g/mol. The molecule has 3 heterocycles. The van der Waals surface area contributed by atoms with E-state index >= 15 is 0 Å². The number of aliphatic imine (C=N–C) groups is 1. The number of carbonyl (C=O) groups is 1. The fourth-order valence-corrected chi connectivity index (χ4v) is 4.15. The summed E-state index contributed by atoms with van der Waals surface area (Å²) in [6.45, 7) is 7.96. The third-order valence-corrected chi connectivity index (χ3v) is 6.28. The lowest BCUT2D eigenvalue weighted by molar-refractivity contribution is -0.119. The van der Waals surface area contributed by atoms with Crippen LogP contribution in [0.25, 0.3) is 5.70 Å². The molecule has 166 valence electrons. The van der Waals surface area contributed by atoms with Gasteiger partial charge < -0.3 is 21.1 Å². The van der Waals surface area contributed by atoms with E-state index in [0.717, 1.165) is 30.7 Å². The zero-order valence-corrected chi connectivity index (χ0v) is 19.0. The van der Waals surface area contributed by atoms with Crippen LogP contribution >= 0.6 is 11.6 Å². The monoisotopic (exact) mass is 452 g/mol. The molecule has 2 aromatic rings. The number of halogens is 1. The van der Waals surface area contributed by atoms with Crippen LogP contribution in [0.15, 0.2) is 41.7 Å². The number of aromatic hydroxyl groups is 1. The lowest BCUT2D eigenvalue weighted by atomic mass is 9.77. The fraction of sp³-hybridized carbons (Fsp3) is 0.304. The smallest absolute Gasteiger partial charge is 0.240 e. The number of nitrogens with zero attached hydrogens (tertiary/aromatic N) is 4. The van der Waals surface area contributed by atoms with Crippen LogP contribution in [-0.4, -0.2) is 38.6 Å². The first-order valence-corrected chi connectivity index (χ1v) is 10.7. The third kappa shape index (κ3) is 3.40. The van der Waals surface area contributed by atoms with E-state index in [1.54, 1.807) is 25.3 Å². The largest absolute Gasteiger partial charge is 0.506 e. The van der Waals surface area contributed by atoms with Gasteiger partial charge in [-0.2, -0.15) is 0 Å². The van der Waals surface area contributed by atoms with Crippen LogP contribution in [0.2, 0.25) is 5.02 Å². The summed E-state index contributed by atoms with van der Waals surface area (Å²) in [6.07, 6.45) is 4.64. The molecule has 1 atom stereocenters. The molecule has 0 radical (unpaired) electrons. The number of nitrogen functional groups attached to an aromatic ring is 1. The first-order valence-electron chi connectivity index (χ1n) is 10.4. The van der Waals surface area contributed by atoms with Gasteiger partial charge in [-0.3, -0.25) is 4.79 Å². The normalized spacial score (nSPS) is 20.1. The summed E-state index contributed by atoms with van der Waals surface area (Å²) in [5.41, 5.74) is 8.52. The van der Waals surface area contributed by atoms with Crippen molar-refractivity contribution in [2.24, 2.45) is 4.99 Å². The summed E-state index contributed by atoms with van der Waals surface area (Å²) in [4.78, 5) is 28.7. The average molecular weight is 453 g/mol. The molecule has 0 aliphatic carbocycles. The summed E-state index contributed by atoms with van der Waals surface area (Å²) in [5.74, 6) is 0.463. The topological polar surface area (TPSA) is 117 Å². The third-order valence-electron chi connectivity index (χ3n) is 5.97. The van der Waals surface area contributed by atoms with Gasteiger partial charge in [-0.15, -0.1) is 0 Å². The average Bonchev–Trinajstić information content (AvgIpc) is 3.02. The standard InChI is InChI=1S/C23H25ClN6O2/c1-5-6-7-15-12(2)30(4)11-16(26-15)20-27-19(25)18-21(28-20)29-22(32)23(18,3)13-8-9-17(31)14(24)10-13/h8-11,31H,2,5-7H2,1,3-4H3,(H3,25,27,28,29,32). The van der Waals surface area contributed by atoms with Gasteiger partial charge in [-0.05, 0) is 37.5 Å². The number of hydrogen-bond donors (Lipinski definition) is 3. The van der Waals surface area contributed by atoms with Crippen molar-refractivity contribution in [2.45, 2.75) is 38.5 Å². The van der Waals surface area contributed by atoms with Gasteiger partial charge in [0.25, 0.3) is 0 Å². The number of amides is 1. The summed E-state index contributed by atoms with van der Waals surface area (Å²) in [5, 5.41) is 12.7. The molecule has 1 aromatic carbocycles. The highest BCUT2D eigenvalue weighted by molar-refractivity contribution is 6.32. The van der Waals surface area contributed by atoms with Crippen LogP contribution in [0.3, 0.4) is 0 Å². The summed E-state index contributed by atoms with van der Waals surface area (Å²) < 4.78 is 0. The van der Waals surface area contributed by atoms with E-state index in [1.165, 1.54) is 6.07 Å². The van der Waals surface area contributed by atoms with Crippen molar-refractivity contribution in [2.75, 3.05) is 18.1 Å². The maximum Gasteiger partial charge on any atom is 0.240 e. The maximum absolute atomic E-state index is 13.1. The quantitative estimate of drug-likeness (QED) is 0.629. The maximum atomic E-state index is 13.1. The van der Waals surface area contributed by atoms with Gasteiger partial charge in [0, 0.05) is 13.2 Å². The van der Waals surface area contributed by atoms with Gasteiger partial charge in [-0.1, -0.05) is 37.6 Å². The first kappa shape index (κ1) is 21.8. The predicted molar refractivity (Wildman–Crippen MR) is 126 cm³/mol. The molecule has 2 aliphatic heterocycles. The Morgan fingerprint density at radius 2 is 2.09 bits per heavy atom. The molecule has 2 aliphatic rings. The first-order chi connectivity index (χ1) is 15.2. The summed E-state index contributed by atoms with van der Waals surface area (Å²) in [6, 6.07) is 4.63. The molecule has 8 nitrogen and oxygen atoms in total. The highest BCUT2D eigenvalue weighted by atomic mass is 35.5. The van der Waals surface area contributed by atoms with Crippen molar-refractivity contribution in [3.05, 3.63) is 58.6 Å². The number of aromatic nitrogens is 2. The van der Waals surface area contributed by atoms with Crippen LogP contribution in [0.1, 0.15) is 50.1 Å². The summed E-state index contributed by atoms with van der Waals surface area (Å²) >= 11 is 6.09. The molecule has 0 spiro atoms. The van der Waals surface area contributed by atoms with Crippen molar-refractivity contribution in [3.8, 4) is 5.75 Å². The van der Waals surface area contributed by atoms with E-state index in [9.17, 15) is 9.90 Å². The number of phenolic OH excluding ortho intramolecular Hbond substituents is 1. The Balaban J connectivity index is 1.79. The zero-order chi connectivity index (χ0) is 23.2. The number of nitrogens with two attached hydrogens (primary N) is 1. The minimum absolute atomic E-state index is 0.0658. The van der Waals surface area contributed by atoms with Gasteiger partial charge >= 0.3 is 0 Å². The van der Waals surface area contributed by atoms with E-state index < -0.39 is 5.41 Å². The lowest BCUT2D eigenvalue weighted by Crippen LogP contribution is -2.33. The minimum Gasteiger partial charge on any atom is -0.506 e. The lowest BCUT2D eigenvalue weighted by Gasteiger charge is -2.25. The molecule has 4 rings (SSSR count). The van der Waals surface area contributed by atoms with Crippen LogP contribution in [-0.2, 0) is 10.2 Å². The number of unbranched alkanes of at least 4 members (excludes halogenated alkanes) is 1. The number of hydrogen-bond acceptors (Lipinski definition) is 7. The number of nitrogens with one attached hydrogen (secondary N) is 1. The zero-order valence-electron chi connectivity index (χ0n) is 18.2. The van der Waals surface area contributed by atoms with Gasteiger partial charge in [0.2, 0.25) is 5.91 Å². The molecule has 1 amide bonds. The Kier molecular flexibility index (Phi) is 5.42. The van der Waals surface area contributed by atoms with E-state index in [2.05, 4.69) is 28.8 Å². The van der Waals surface area contributed by atoms with E-state index in [-0.39, 0.29) is 22.5 Å². The molecule has 1 aromatic heterocycles. The molecule has 0 saturated carbocycles. The number of phenols is 1. The van der Waals surface area contributed by atoms with Crippen molar-refractivity contribution in [1.82, 2.24) is 14.9 Å². The van der Waals surface area contributed by atoms with Gasteiger partial charge in [-0.25, -0.2) is 15.0 Å². The highest BCUT2D eigenvalue weighted by Gasteiger charge is 2.47. The minimum atomic E-state index is -1.16. The molecule has 0 bridgehead atoms. The SMILES string of the molecule is C=C1C(CCCC)=NC(c2nc(N)c3c(n2)NC(=O)C3(C)c2ccc(O)c(Cl)c2)=CN1C. The molecule has 4 N–H and O–H groups in total.